The predicted octanol–water partition coefficient (Wildman–Crippen LogP) is 0.815. The van der Waals surface area contributed by atoms with Crippen LogP contribution in [0.5, 0.6) is 0 Å². The van der Waals surface area contributed by atoms with Crippen molar-refractivity contribution in [3.8, 4) is 0 Å². The van der Waals surface area contributed by atoms with Crippen LogP contribution in [0, 0.1) is 0 Å². The second-order valence-corrected chi connectivity index (χ2v) is 5.34. The normalized spacial score (nSPS) is 14.7. The third kappa shape index (κ3) is 11.6. The average molecular weight is 391 g/mol. The largest absolute Gasteiger partial charge is 0.473 e. The van der Waals surface area contributed by atoms with Gasteiger partial charge in [0.1, 0.15) is 0 Å². The van der Waals surface area contributed by atoms with Gasteiger partial charge in [-0.05, 0) is 43.7 Å². The van der Waals surface area contributed by atoms with Gasteiger partial charge in [-0.2, -0.15) is 0 Å². The minimum absolute atomic E-state index is 0.630. The number of carboxylic acid groups (broad SMARTS) is 4. The van der Waals surface area contributed by atoms with Gasteiger partial charge < -0.3 is 31.1 Å². The molecule has 1 aliphatic heterocycles. The first-order valence-corrected chi connectivity index (χ1v) is 7.66. The van der Waals surface area contributed by atoms with Crippen LogP contribution in [0.1, 0.15) is 12.8 Å². The average Bonchev–Trinajstić information content (AvgIpc) is 3.09. The third-order valence-corrected chi connectivity index (χ3v) is 3.18. The maximum Gasteiger partial charge on any atom is 0.414 e. The molecule has 1 saturated heterocycles. The van der Waals surface area contributed by atoms with E-state index in [0.29, 0.717) is 6.04 Å². The molecule has 6 N–H and O–H groups in total. The summed E-state index contributed by atoms with van der Waals surface area (Å²) in [5, 5.41) is 37.2. The van der Waals surface area contributed by atoms with Gasteiger partial charge in [0, 0.05) is 23.3 Å². The molecule has 1 atom stereocenters. The molecule has 1 aromatic carbocycles. The van der Waals surface area contributed by atoms with Gasteiger partial charge in [0.15, 0.2) is 0 Å². The van der Waals surface area contributed by atoms with Crippen molar-refractivity contribution in [1.29, 1.82) is 0 Å². The molecule has 10 nitrogen and oxygen atoms in total. The number of carboxylic acids is 4. The van der Waals surface area contributed by atoms with Gasteiger partial charge >= 0.3 is 23.9 Å². The van der Waals surface area contributed by atoms with Crippen molar-refractivity contribution in [3.63, 3.8) is 0 Å². The molecule has 0 bridgehead atoms. The van der Waals surface area contributed by atoms with E-state index in [-0.39, 0.29) is 0 Å². The number of hydrogen-bond donors (Lipinski definition) is 6. The van der Waals surface area contributed by atoms with E-state index in [1.54, 1.807) is 0 Å². The molecule has 1 unspecified atom stereocenters. The Hall–Kier alpha value is -2.85. The van der Waals surface area contributed by atoms with Crippen LogP contribution < -0.4 is 10.6 Å². The highest BCUT2D eigenvalue weighted by molar-refractivity contribution is 6.30. The molecule has 1 heterocycles. The number of benzene rings is 1. The summed E-state index contributed by atoms with van der Waals surface area (Å²) in [6.07, 6.45) is 2.58. The molecular weight excluding hydrogens is 372 g/mol. The topological polar surface area (TPSA) is 173 Å². The molecule has 0 spiro atoms. The molecule has 26 heavy (non-hydrogen) atoms. The molecule has 1 aromatic rings. The number of halogens is 1. The van der Waals surface area contributed by atoms with Crippen LogP contribution in [-0.4, -0.2) is 63.4 Å². The molecule has 0 aromatic heterocycles. The van der Waals surface area contributed by atoms with Gasteiger partial charge in [-0.1, -0.05) is 11.6 Å². The van der Waals surface area contributed by atoms with Gasteiger partial charge in [-0.15, -0.1) is 0 Å². The molecule has 0 saturated carbocycles. The number of rotatable bonds is 3. The van der Waals surface area contributed by atoms with Crippen molar-refractivity contribution >= 4 is 41.2 Å². The van der Waals surface area contributed by atoms with Crippen molar-refractivity contribution in [3.05, 3.63) is 29.3 Å². The van der Waals surface area contributed by atoms with Crippen LogP contribution in [0.2, 0.25) is 5.02 Å². The summed E-state index contributed by atoms with van der Waals surface area (Å²) in [6, 6.07) is 8.47. The van der Waals surface area contributed by atoms with Gasteiger partial charge in [0.05, 0.1) is 0 Å². The van der Waals surface area contributed by atoms with Gasteiger partial charge in [-0.3, -0.25) is 0 Å². The molecular formula is C15H19ClN2O8. The van der Waals surface area contributed by atoms with E-state index in [2.05, 4.69) is 10.6 Å². The van der Waals surface area contributed by atoms with Crippen LogP contribution in [0.15, 0.2) is 24.3 Å². The quantitative estimate of drug-likeness (QED) is 0.405. The van der Waals surface area contributed by atoms with Gasteiger partial charge in [0.25, 0.3) is 0 Å². The first kappa shape index (κ1) is 23.1. The number of carbonyl (C=O) groups is 4. The molecule has 0 amide bonds. The van der Waals surface area contributed by atoms with Crippen molar-refractivity contribution in [2.24, 2.45) is 0 Å². The lowest BCUT2D eigenvalue weighted by atomic mass is 10.2. The zero-order chi connectivity index (χ0) is 20.1. The molecule has 0 aliphatic carbocycles. The van der Waals surface area contributed by atoms with Crippen LogP contribution in [0.4, 0.5) is 5.69 Å². The van der Waals surface area contributed by atoms with E-state index in [0.717, 1.165) is 23.8 Å². The molecule has 144 valence electrons. The second-order valence-electron chi connectivity index (χ2n) is 4.90. The lowest BCUT2D eigenvalue weighted by Crippen LogP contribution is -2.29. The summed E-state index contributed by atoms with van der Waals surface area (Å²) in [7, 11) is 0. The van der Waals surface area contributed by atoms with Crippen molar-refractivity contribution in [2.45, 2.75) is 18.9 Å². The van der Waals surface area contributed by atoms with Crippen molar-refractivity contribution in [1.82, 2.24) is 5.32 Å². The van der Waals surface area contributed by atoms with E-state index in [1.807, 2.05) is 24.3 Å². The van der Waals surface area contributed by atoms with Crippen LogP contribution in [0.25, 0.3) is 0 Å². The minimum Gasteiger partial charge on any atom is -0.473 e. The number of aliphatic carboxylic acids is 4. The fourth-order valence-corrected chi connectivity index (χ4v) is 1.87. The number of nitrogens with one attached hydrogen (secondary N) is 2. The van der Waals surface area contributed by atoms with E-state index in [4.69, 9.17) is 51.2 Å². The van der Waals surface area contributed by atoms with E-state index in [1.165, 1.54) is 12.8 Å². The lowest BCUT2D eigenvalue weighted by molar-refractivity contribution is -0.159. The molecule has 0 radical (unpaired) electrons. The fourth-order valence-electron chi connectivity index (χ4n) is 1.74. The van der Waals surface area contributed by atoms with E-state index < -0.39 is 23.9 Å². The Kier molecular flexibility index (Phi) is 11.1. The lowest BCUT2D eigenvalue weighted by Gasteiger charge is -2.12. The molecule has 2 rings (SSSR count). The Balaban J connectivity index is 0.000000437. The smallest absolute Gasteiger partial charge is 0.414 e. The highest BCUT2D eigenvalue weighted by Crippen LogP contribution is 2.14. The molecule has 1 aliphatic rings. The second kappa shape index (κ2) is 12.5. The monoisotopic (exact) mass is 390 g/mol. The highest BCUT2D eigenvalue weighted by Gasteiger charge is 2.12. The first-order chi connectivity index (χ1) is 12.1. The number of anilines is 1. The van der Waals surface area contributed by atoms with Gasteiger partial charge in [-0.25, -0.2) is 19.2 Å². The van der Waals surface area contributed by atoms with Crippen LogP contribution >= 0.6 is 11.6 Å². The molecule has 1 fully saturated rings. The van der Waals surface area contributed by atoms with E-state index in [9.17, 15) is 0 Å². The summed E-state index contributed by atoms with van der Waals surface area (Å²) >= 11 is 5.80. The van der Waals surface area contributed by atoms with Crippen LogP contribution in [0.3, 0.4) is 0 Å². The third-order valence-electron chi connectivity index (χ3n) is 2.93. The fraction of sp³-hybridized carbons (Fsp3) is 0.333. The first-order valence-electron chi connectivity index (χ1n) is 7.28. The Morgan fingerprint density at radius 3 is 1.77 bits per heavy atom. The Morgan fingerprint density at radius 1 is 0.962 bits per heavy atom. The Labute approximate surface area is 153 Å². The summed E-state index contributed by atoms with van der Waals surface area (Å²) < 4.78 is 0. The minimum atomic E-state index is -1.82. The maximum absolute atomic E-state index is 9.10. The Bertz CT molecular complexity index is 567. The van der Waals surface area contributed by atoms with Crippen LogP contribution in [-0.2, 0) is 19.2 Å². The zero-order valence-electron chi connectivity index (χ0n) is 13.5. The number of hydrogen-bond acceptors (Lipinski definition) is 6. The summed E-state index contributed by atoms with van der Waals surface area (Å²) in [5.41, 5.74) is 1.14. The maximum atomic E-state index is 9.10. The summed E-state index contributed by atoms with van der Waals surface area (Å²) in [6.45, 7) is 2.16. The van der Waals surface area contributed by atoms with Crippen molar-refractivity contribution < 1.29 is 39.6 Å². The zero-order valence-corrected chi connectivity index (χ0v) is 14.3. The summed E-state index contributed by atoms with van der Waals surface area (Å²) in [4.78, 5) is 36.4. The highest BCUT2D eigenvalue weighted by atomic mass is 35.5. The Morgan fingerprint density at radius 2 is 1.42 bits per heavy atom. The molecule has 11 heteroatoms. The predicted molar refractivity (Wildman–Crippen MR) is 91.5 cm³/mol. The van der Waals surface area contributed by atoms with Gasteiger partial charge in [0.2, 0.25) is 0 Å². The summed E-state index contributed by atoms with van der Waals surface area (Å²) in [5.74, 6) is -7.30. The van der Waals surface area contributed by atoms with Crippen molar-refractivity contribution in [2.75, 3.05) is 18.4 Å². The standard InChI is InChI=1S/C11H15ClN2.2C2H2O4/c12-9-3-5-10(6-4-9)14-8-11-2-1-7-13-11;2*3-1(4)2(5)6/h3-6,11,13-14H,1-2,7-8H2;2*(H,3,4)(H,5,6). The SMILES string of the molecule is Clc1ccc(NCC2CCCN2)cc1.O=C(O)C(=O)O.O=C(O)C(=O)O. The van der Waals surface area contributed by atoms with E-state index >= 15 is 0 Å².